The first-order chi connectivity index (χ1) is 25.6. The second kappa shape index (κ2) is 21.1. The molecule has 0 aliphatic rings. The lowest BCUT2D eigenvalue weighted by Crippen LogP contribution is -2.48. The highest BCUT2D eigenvalue weighted by atomic mass is 35.5. The van der Waals surface area contributed by atoms with Crippen molar-refractivity contribution in [2.24, 2.45) is 46.0 Å². The van der Waals surface area contributed by atoms with E-state index in [0.717, 1.165) is 5.56 Å². The predicted octanol–water partition coefficient (Wildman–Crippen LogP) is 5.53. The zero-order chi connectivity index (χ0) is 39.9. The van der Waals surface area contributed by atoms with Crippen LogP contribution >= 0.6 is 11.6 Å². The smallest absolute Gasteiger partial charge is 0.307 e. The summed E-state index contributed by atoms with van der Waals surface area (Å²) in [6.45, 7) is 9.55. The average Bonchev–Trinajstić information content (AvgIpc) is 3.52. The Morgan fingerprint density at radius 2 is 1.61 bits per heavy atom. The topological polar surface area (TPSA) is 213 Å². The van der Waals surface area contributed by atoms with Crippen molar-refractivity contribution in [2.75, 3.05) is 6.54 Å². The molecule has 0 fully saturated rings. The van der Waals surface area contributed by atoms with Crippen molar-refractivity contribution in [3.8, 4) is 5.69 Å². The third-order valence-corrected chi connectivity index (χ3v) is 9.75. The van der Waals surface area contributed by atoms with Crippen molar-refractivity contribution in [2.45, 2.75) is 92.0 Å². The Balaban J connectivity index is 1.82. The molecule has 0 bridgehead atoms. The molecule has 54 heavy (non-hydrogen) atoms. The molecule has 1 aromatic heterocycles. The molecular formula is C40H54ClN7O6. The van der Waals surface area contributed by atoms with Gasteiger partial charge in [-0.1, -0.05) is 82.1 Å². The van der Waals surface area contributed by atoms with Gasteiger partial charge in [0.2, 0.25) is 17.5 Å². The van der Waals surface area contributed by atoms with E-state index in [1.165, 1.54) is 4.68 Å². The number of aromatic nitrogens is 3. The molecular weight excluding hydrogens is 710 g/mol. The summed E-state index contributed by atoms with van der Waals surface area (Å²) in [5.74, 6) is -5.14. The van der Waals surface area contributed by atoms with Gasteiger partial charge in [0.1, 0.15) is 11.6 Å². The third kappa shape index (κ3) is 13.5. The molecule has 3 rings (SSSR count). The maximum Gasteiger partial charge on any atom is 0.307 e. The number of aliphatic imine (C=N–C) groups is 1. The van der Waals surface area contributed by atoms with Crippen LogP contribution in [0.1, 0.15) is 94.6 Å². The number of carbonyl (C=O) groups excluding carboxylic acids is 4. The van der Waals surface area contributed by atoms with E-state index in [9.17, 15) is 29.1 Å². The van der Waals surface area contributed by atoms with Crippen molar-refractivity contribution in [3.05, 3.63) is 76.8 Å². The SMILES string of the molecule is CC[C@H](C)[C@H](NC(=O)[C@@H](CC(=O)[C@H](CCCN=C(N)N)CC(=O)c1nc(C)n(-c2cccc(Cl)c2)n1)CC(C)C)C(=O)C[C@@H](Cc1ccccc1)C(=O)O. The van der Waals surface area contributed by atoms with E-state index >= 15 is 0 Å². The fourth-order valence-corrected chi connectivity index (χ4v) is 6.61. The molecule has 0 unspecified atom stereocenters. The van der Waals surface area contributed by atoms with Gasteiger partial charge in [0, 0.05) is 42.7 Å². The van der Waals surface area contributed by atoms with Gasteiger partial charge in [-0.05, 0) is 68.2 Å². The number of carbonyl (C=O) groups is 5. The summed E-state index contributed by atoms with van der Waals surface area (Å²) in [6, 6.07) is 15.1. The maximum atomic E-state index is 14.1. The number of amides is 1. The van der Waals surface area contributed by atoms with Crippen LogP contribution in [0, 0.1) is 36.5 Å². The van der Waals surface area contributed by atoms with Gasteiger partial charge in [-0.15, -0.1) is 5.10 Å². The molecule has 0 spiro atoms. The Bertz CT molecular complexity index is 1770. The number of hydrogen-bond donors (Lipinski definition) is 4. The lowest BCUT2D eigenvalue weighted by molar-refractivity contribution is -0.144. The molecule has 0 saturated carbocycles. The summed E-state index contributed by atoms with van der Waals surface area (Å²) in [5.41, 5.74) is 12.4. The van der Waals surface area contributed by atoms with Crippen molar-refractivity contribution in [3.63, 3.8) is 0 Å². The molecule has 1 heterocycles. The second-order valence-corrected chi connectivity index (χ2v) is 14.8. The fraction of sp³-hybridized carbons (Fsp3) is 0.500. The average molecular weight is 764 g/mol. The largest absolute Gasteiger partial charge is 0.481 e. The number of benzene rings is 2. The predicted molar refractivity (Wildman–Crippen MR) is 208 cm³/mol. The van der Waals surface area contributed by atoms with E-state index in [4.69, 9.17) is 23.1 Å². The number of rotatable bonds is 23. The summed E-state index contributed by atoms with van der Waals surface area (Å²) in [5, 5.41) is 17.8. The number of aryl methyl sites for hydroxylation is 1. The van der Waals surface area contributed by atoms with Crippen LogP contribution in [0.4, 0.5) is 0 Å². The molecule has 3 aromatic rings. The summed E-state index contributed by atoms with van der Waals surface area (Å²) in [4.78, 5) is 75.9. The monoisotopic (exact) mass is 763 g/mol. The lowest BCUT2D eigenvalue weighted by atomic mass is 9.83. The van der Waals surface area contributed by atoms with Crippen molar-refractivity contribution < 1.29 is 29.1 Å². The van der Waals surface area contributed by atoms with Crippen LogP contribution < -0.4 is 16.8 Å². The number of Topliss-reactive ketones (excluding diaryl/α,β-unsaturated/α-hetero) is 3. The lowest BCUT2D eigenvalue weighted by Gasteiger charge is -2.28. The minimum atomic E-state index is -1.09. The van der Waals surface area contributed by atoms with Crippen molar-refractivity contribution >= 4 is 46.8 Å². The number of nitrogens with zero attached hydrogens (tertiary/aromatic N) is 4. The van der Waals surface area contributed by atoms with Crippen LogP contribution in [0.3, 0.4) is 0 Å². The van der Waals surface area contributed by atoms with E-state index in [2.05, 4.69) is 20.4 Å². The van der Waals surface area contributed by atoms with Gasteiger partial charge in [-0.3, -0.25) is 29.0 Å². The normalized spacial score (nSPS) is 14.1. The molecule has 292 valence electrons. The summed E-state index contributed by atoms with van der Waals surface area (Å²) < 4.78 is 1.51. The summed E-state index contributed by atoms with van der Waals surface area (Å²) >= 11 is 6.16. The Labute approximate surface area is 322 Å². The summed E-state index contributed by atoms with van der Waals surface area (Å²) in [7, 11) is 0. The van der Waals surface area contributed by atoms with Gasteiger partial charge >= 0.3 is 5.97 Å². The van der Waals surface area contributed by atoms with Crippen molar-refractivity contribution in [1.29, 1.82) is 0 Å². The van der Waals surface area contributed by atoms with Gasteiger partial charge in [0.15, 0.2) is 11.7 Å². The Hall–Kier alpha value is -4.91. The van der Waals surface area contributed by atoms with E-state index in [1.54, 1.807) is 31.2 Å². The first-order valence-corrected chi connectivity index (χ1v) is 18.9. The first-order valence-electron chi connectivity index (χ1n) is 18.5. The van der Waals surface area contributed by atoms with Crippen molar-refractivity contribution in [1.82, 2.24) is 20.1 Å². The van der Waals surface area contributed by atoms with Gasteiger partial charge in [-0.2, -0.15) is 0 Å². The van der Waals surface area contributed by atoms with E-state index < -0.39 is 41.5 Å². The van der Waals surface area contributed by atoms with Gasteiger partial charge in [0.05, 0.1) is 17.6 Å². The van der Waals surface area contributed by atoms with Gasteiger partial charge in [0.25, 0.3) is 0 Å². The molecule has 5 atom stereocenters. The molecule has 0 radical (unpaired) electrons. The number of guanidine groups is 1. The number of halogens is 1. The second-order valence-electron chi connectivity index (χ2n) is 14.4. The Morgan fingerprint density at radius 3 is 2.22 bits per heavy atom. The number of ketones is 3. The highest BCUT2D eigenvalue weighted by molar-refractivity contribution is 6.30. The van der Waals surface area contributed by atoms with Crippen LogP contribution in [0.25, 0.3) is 5.69 Å². The Kier molecular flexibility index (Phi) is 17.0. The molecule has 0 aliphatic carbocycles. The maximum absolute atomic E-state index is 14.1. The minimum absolute atomic E-state index is 0.0261. The zero-order valence-electron chi connectivity index (χ0n) is 31.8. The highest BCUT2D eigenvalue weighted by Gasteiger charge is 2.34. The van der Waals surface area contributed by atoms with Gasteiger partial charge in [-0.25, -0.2) is 9.67 Å². The molecule has 0 aliphatic heterocycles. The van der Waals surface area contributed by atoms with E-state index in [1.807, 2.05) is 58.0 Å². The van der Waals surface area contributed by atoms with Crippen LogP contribution in [0.2, 0.25) is 5.02 Å². The number of carboxylic acid groups (broad SMARTS) is 1. The fourth-order valence-electron chi connectivity index (χ4n) is 6.42. The molecule has 1 amide bonds. The molecule has 13 nitrogen and oxygen atoms in total. The Morgan fingerprint density at radius 1 is 0.926 bits per heavy atom. The van der Waals surface area contributed by atoms with Gasteiger partial charge < -0.3 is 21.9 Å². The molecule has 14 heteroatoms. The highest BCUT2D eigenvalue weighted by Crippen LogP contribution is 2.26. The van der Waals surface area contributed by atoms with E-state index in [-0.39, 0.29) is 73.8 Å². The third-order valence-electron chi connectivity index (χ3n) is 9.52. The molecule has 6 N–H and O–H groups in total. The van der Waals surface area contributed by atoms with Crippen LogP contribution in [0.15, 0.2) is 59.6 Å². The van der Waals surface area contributed by atoms with Crippen LogP contribution in [-0.2, 0) is 25.6 Å². The number of nitrogens with two attached hydrogens (primary N) is 2. The van der Waals surface area contributed by atoms with Crippen LogP contribution in [-0.4, -0.2) is 67.6 Å². The zero-order valence-corrected chi connectivity index (χ0v) is 32.6. The minimum Gasteiger partial charge on any atom is -0.481 e. The van der Waals surface area contributed by atoms with E-state index in [0.29, 0.717) is 35.8 Å². The molecule has 0 saturated heterocycles. The first kappa shape index (κ1) is 43.5. The number of carboxylic acids is 1. The van der Waals surface area contributed by atoms with Crippen LogP contribution in [0.5, 0.6) is 0 Å². The number of hydrogen-bond acceptors (Lipinski definition) is 8. The quantitative estimate of drug-likeness (QED) is 0.0410. The molecule has 2 aromatic carbocycles. The number of nitrogens with one attached hydrogen (secondary N) is 1. The number of aliphatic carboxylic acids is 1. The standard InChI is InChI=1S/C40H54ClN7O6/c1-6-25(4)36(34(50)22-30(39(53)54)19-27-12-8-7-9-13-27)46-38(52)29(18-24(2)3)21-33(49)28(14-11-17-44-40(42)43)20-35(51)37-45-26(5)48(47-37)32-16-10-15-31(41)23-32/h7-10,12-13,15-16,23-25,28-30,36H,6,11,14,17-22H2,1-5H3,(H,46,52)(H,53,54)(H4,42,43,44)/t25-,28+,29+,30+,36-/m0/s1. The summed E-state index contributed by atoms with van der Waals surface area (Å²) in [6.07, 6.45) is 1.15.